The molecule has 0 fully saturated rings. The smallest absolute Gasteiger partial charge is 0.344 e. The van der Waals surface area contributed by atoms with Gasteiger partial charge in [-0.25, -0.2) is 14.8 Å². The molecule has 0 aliphatic rings. The van der Waals surface area contributed by atoms with Crippen molar-refractivity contribution in [2.75, 3.05) is 25.6 Å². The number of carbonyl (C=O) groups excluding carboxylic acids is 1. The van der Waals surface area contributed by atoms with Gasteiger partial charge in [0.05, 0.1) is 36.5 Å². The molecule has 0 atom stereocenters. The van der Waals surface area contributed by atoms with Crippen LogP contribution < -0.4 is 15.2 Å². The lowest BCUT2D eigenvalue weighted by atomic mass is 10.2. The Morgan fingerprint density at radius 2 is 1.61 bits per heavy atom. The zero-order valence-corrected chi connectivity index (χ0v) is 17.7. The number of ether oxygens (including phenoxy) is 3. The number of nitrogens with zero attached hydrogens (tertiary/aromatic N) is 3. The number of rotatable bonds is 7. The lowest BCUT2D eigenvalue weighted by molar-refractivity contribution is 0.0529. The van der Waals surface area contributed by atoms with Crippen LogP contribution in [0.1, 0.15) is 31.1 Å². The molecule has 0 aliphatic carbocycles. The Morgan fingerprint density at radius 3 is 2.29 bits per heavy atom. The predicted molar refractivity (Wildman–Crippen MR) is 119 cm³/mol. The minimum absolute atomic E-state index is 0.196. The van der Waals surface area contributed by atoms with Gasteiger partial charge >= 0.3 is 5.97 Å². The summed E-state index contributed by atoms with van der Waals surface area (Å²) < 4.78 is 18.4. The molecule has 8 nitrogen and oxygen atoms in total. The van der Waals surface area contributed by atoms with E-state index in [9.17, 15) is 4.79 Å². The van der Waals surface area contributed by atoms with Gasteiger partial charge in [-0.15, -0.1) is 0 Å². The first-order valence-electron chi connectivity index (χ1n) is 10.2. The van der Waals surface area contributed by atoms with Gasteiger partial charge in [-0.05, 0) is 45.0 Å². The van der Waals surface area contributed by atoms with Gasteiger partial charge in [-0.2, -0.15) is 0 Å². The van der Waals surface area contributed by atoms with Crippen LogP contribution in [-0.4, -0.2) is 40.3 Å². The number of nitrogen functional groups attached to an aromatic ring is 1. The van der Waals surface area contributed by atoms with Crippen LogP contribution in [0.3, 0.4) is 0 Å². The van der Waals surface area contributed by atoms with Crippen molar-refractivity contribution in [3.05, 3.63) is 48.0 Å². The number of anilines is 1. The Hall–Kier alpha value is -3.81. The molecule has 0 amide bonds. The Balaban J connectivity index is 2.01. The summed E-state index contributed by atoms with van der Waals surface area (Å²) in [6.45, 7) is 6.77. The summed E-state index contributed by atoms with van der Waals surface area (Å²) in [4.78, 5) is 22.2. The standard InChI is InChI=1S/C23H24N4O4/c1-4-29-17-12-11-14(13-18(17)30-5-2)27-21(24)19(23(28)31-6-3)20-22(27)26-16-10-8-7-9-15(16)25-20/h7-13H,4-6,24H2,1-3H3. The van der Waals surface area contributed by atoms with Crippen molar-refractivity contribution in [3.63, 3.8) is 0 Å². The molecule has 0 radical (unpaired) electrons. The molecule has 8 heteroatoms. The lowest BCUT2D eigenvalue weighted by Crippen LogP contribution is -2.09. The number of hydrogen-bond acceptors (Lipinski definition) is 7. The fraction of sp³-hybridized carbons (Fsp3) is 0.261. The maximum absolute atomic E-state index is 12.7. The van der Waals surface area contributed by atoms with Crippen LogP contribution in [0, 0.1) is 0 Å². The molecule has 2 N–H and O–H groups in total. The molecule has 4 rings (SSSR count). The van der Waals surface area contributed by atoms with Crippen LogP contribution in [0.2, 0.25) is 0 Å². The van der Waals surface area contributed by atoms with Crippen molar-refractivity contribution in [1.29, 1.82) is 0 Å². The third kappa shape index (κ3) is 3.61. The number of para-hydroxylation sites is 2. The van der Waals surface area contributed by atoms with Gasteiger partial charge in [-0.1, -0.05) is 12.1 Å². The molecule has 31 heavy (non-hydrogen) atoms. The van der Waals surface area contributed by atoms with E-state index < -0.39 is 5.97 Å². The Kier molecular flexibility index (Phi) is 5.62. The lowest BCUT2D eigenvalue weighted by Gasteiger charge is -2.14. The van der Waals surface area contributed by atoms with Crippen molar-refractivity contribution in [3.8, 4) is 17.2 Å². The normalized spacial score (nSPS) is 11.1. The number of benzene rings is 2. The molecule has 160 valence electrons. The molecule has 0 spiro atoms. The molecule has 0 saturated heterocycles. The second-order valence-corrected chi connectivity index (χ2v) is 6.70. The summed E-state index contributed by atoms with van der Waals surface area (Å²) in [6, 6.07) is 12.9. The van der Waals surface area contributed by atoms with E-state index in [0.717, 1.165) is 0 Å². The average Bonchev–Trinajstić information content (AvgIpc) is 3.04. The quantitative estimate of drug-likeness (QED) is 0.449. The van der Waals surface area contributed by atoms with E-state index in [1.165, 1.54) is 0 Å². The SMILES string of the molecule is CCOC(=O)c1c(N)n(-c2ccc(OCC)c(OCC)c2)c2nc3ccccc3nc12. The topological polar surface area (TPSA) is 101 Å². The summed E-state index contributed by atoms with van der Waals surface area (Å²) in [5, 5.41) is 0. The van der Waals surface area contributed by atoms with E-state index in [4.69, 9.17) is 24.9 Å². The van der Waals surface area contributed by atoms with Crippen molar-refractivity contribution in [2.24, 2.45) is 0 Å². The fourth-order valence-corrected chi connectivity index (χ4v) is 3.51. The molecule has 2 aromatic carbocycles. The third-order valence-corrected chi connectivity index (χ3v) is 4.76. The first-order chi connectivity index (χ1) is 15.1. The molecule has 0 unspecified atom stereocenters. The molecule has 0 bridgehead atoms. The summed E-state index contributed by atoms with van der Waals surface area (Å²) in [7, 11) is 0. The number of nitrogens with two attached hydrogens (primary N) is 1. The van der Waals surface area contributed by atoms with Gasteiger partial charge in [0.2, 0.25) is 0 Å². The molecule has 2 aromatic heterocycles. The monoisotopic (exact) mass is 420 g/mol. The van der Waals surface area contributed by atoms with Gasteiger partial charge in [0.15, 0.2) is 17.1 Å². The highest BCUT2D eigenvalue weighted by Crippen LogP contribution is 2.35. The van der Waals surface area contributed by atoms with E-state index in [-0.39, 0.29) is 18.0 Å². The van der Waals surface area contributed by atoms with Crippen molar-refractivity contribution >= 4 is 34.0 Å². The minimum atomic E-state index is -0.538. The summed E-state index contributed by atoms with van der Waals surface area (Å²) in [5.41, 5.74) is 9.56. The number of carbonyl (C=O) groups is 1. The first-order valence-corrected chi connectivity index (χ1v) is 10.2. The maximum atomic E-state index is 12.7. The Labute approximate surface area is 179 Å². The maximum Gasteiger partial charge on any atom is 0.344 e. The van der Waals surface area contributed by atoms with Gasteiger partial charge in [0.25, 0.3) is 0 Å². The zero-order chi connectivity index (χ0) is 22.0. The van der Waals surface area contributed by atoms with Gasteiger partial charge in [0, 0.05) is 6.07 Å². The molecule has 2 heterocycles. The van der Waals surface area contributed by atoms with E-state index in [0.29, 0.717) is 52.6 Å². The van der Waals surface area contributed by atoms with E-state index in [1.807, 2.05) is 56.3 Å². The van der Waals surface area contributed by atoms with Gasteiger partial charge in [0.1, 0.15) is 16.9 Å². The molecule has 0 saturated carbocycles. The van der Waals surface area contributed by atoms with Crippen molar-refractivity contribution in [1.82, 2.24) is 14.5 Å². The van der Waals surface area contributed by atoms with Crippen LogP contribution in [0.5, 0.6) is 11.5 Å². The highest BCUT2D eigenvalue weighted by molar-refractivity contribution is 6.09. The van der Waals surface area contributed by atoms with Crippen molar-refractivity contribution in [2.45, 2.75) is 20.8 Å². The fourth-order valence-electron chi connectivity index (χ4n) is 3.51. The molecular weight excluding hydrogens is 396 g/mol. The second kappa shape index (κ2) is 8.51. The average molecular weight is 420 g/mol. The van der Waals surface area contributed by atoms with Crippen LogP contribution in [0.4, 0.5) is 5.82 Å². The largest absolute Gasteiger partial charge is 0.490 e. The Morgan fingerprint density at radius 1 is 0.935 bits per heavy atom. The highest BCUT2D eigenvalue weighted by Gasteiger charge is 2.26. The number of esters is 1. The molecule has 4 aromatic rings. The highest BCUT2D eigenvalue weighted by atomic mass is 16.5. The molecular formula is C23H24N4O4. The van der Waals surface area contributed by atoms with Crippen LogP contribution in [0.25, 0.3) is 27.9 Å². The van der Waals surface area contributed by atoms with E-state index in [2.05, 4.69) is 4.98 Å². The zero-order valence-electron chi connectivity index (χ0n) is 17.7. The van der Waals surface area contributed by atoms with Crippen molar-refractivity contribution < 1.29 is 19.0 Å². The molecule has 0 aliphatic heterocycles. The summed E-state index contributed by atoms with van der Waals surface area (Å²) in [5.74, 6) is 0.875. The Bertz CT molecular complexity index is 1270. The van der Waals surface area contributed by atoms with Crippen LogP contribution >= 0.6 is 0 Å². The predicted octanol–water partition coefficient (Wildman–Crippen LogP) is 4.13. The van der Waals surface area contributed by atoms with E-state index in [1.54, 1.807) is 11.5 Å². The van der Waals surface area contributed by atoms with Crippen LogP contribution in [0.15, 0.2) is 42.5 Å². The summed E-state index contributed by atoms with van der Waals surface area (Å²) in [6.07, 6.45) is 0. The number of hydrogen-bond donors (Lipinski definition) is 1. The number of aromatic nitrogens is 3. The number of fused-ring (bicyclic) bond motifs is 2. The minimum Gasteiger partial charge on any atom is -0.490 e. The third-order valence-electron chi connectivity index (χ3n) is 4.76. The summed E-state index contributed by atoms with van der Waals surface area (Å²) >= 11 is 0. The van der Waals surface area contributed by atoms with Gasteiger partial charge in [-0.3, -0.25) is 4.57 Å². The van der Waals surface area contributed by atoms with Crippen LogP contribution in [-0.2, 0) is 4.74 Å². The first kappa shape index (κ1) is 20.5. The van der Waals surface area contributed by atoms with E-state index >= 15 is 0 Å². The second-order valence-electron chi connectivity index (χ2n) is 6.70. The van der Waals surface area contributed by atoms with Gasteiger partial charge < -0.3 is 19.9 Å².